The molecule has 0 unspecified atom stereocenters. The number of nitrogens with one attached hydrogen (secondary N) is 1. The zero-order valence-corrected chi connectivity index (χ0v) is 12.6. The van der Waals surface area contributed by atoms with Crippen LogP contribution in [0.2, 0.25) is 0 Å². The van der Waals surface area contributed by atoms with E-state index in [0.717, 1.165) is 36.5 Å². The molecular weight excluding hydrogens is 270 g/mol. The topological polar surface area (TPSA) is 49.3 Å². The predicted molar refractivity (Wildman–Crippen MR) is 83.0 cm³/mol. The van der Waals surface area contributed by atoms with Gasteiger partial charge in [-0.25, -0.2) is 0 Å². The molecule has 20 heavy (non-hydrogen) atoms. The van der Waals surface area contributed by atoms with E-state index in [4.69, 9.17) is 0 Å². The fourth-order valence-electron chi connectivity index (χ4n) is 2.53. The summed E-state index contributed by atoms with van der Waals surface area (Å²) >= 11 is 1.75. The third kappa shape index (κ3) is 5.08. The highest BCUT2D eigenvalue weighted by molar-refractivity contribution is 7.99. The van der Waals surface area contributed by atoms with Gasteiger partial charge in [-0.1, -0.05) is 19.3 Å². The van der Waals surface area contributed by atoms with Gasteiger partial charge in [0.05, 0.1) is 0 Å². The van der Waals surface area contributed by atoms with Gasteiger partial charge < -0.3 is 10.4 Å². The van der Waals surface area contributed by atoms with Crippen molar-refractivity contribution in [2.24, 2.45) is 5.92 Å². The summed E-state index contributed by atoms with van der Waals surface area (Å²) in [7, 11) is 0. The molecule has 1 fully saturated rings. The third-order valence-electron chi connectivity index (χ3n) is 3.70. The molecule has 0 radical (unpaired) electrons. The quantitative estimate of drug-likeness (QED) is 0.622. The maximum Gasteiger partial charge on any atom is 0.223 e. The van der Waals surface area contributed by atoms with E-state index < -0.39 is 0 Å². The summed E-state index contributed by atoms with van der Waals surface area (Å²) in [6.45, 7) is 0.764. The maximum atomic E-state index is 11.9. The number of benzene rings is 1. The van der Waals surface area contributed by atoms with E-state index in [2.05, 4.69) is 5.32 Å². The summed E-state index contributed by atoms with van der Waals surface area (Å²) in [5.41, 5.74) is 0. The molecule has 2 N–H and O–H groups in total. The third-order valence-corrected chi connectivity index (χ3v) is 4.80. The minimum Gasteiger partial charge on any atom is -0.508 e. The summed E-state index contributed by atoms with van der Waals surface area (Å²) < 4.78 is 0. The average molecular weight is 293 g/mol. The molecule has 1 saturated carbocycles. The summed E-state index contributed by atoms with van der Waals surface area (Å²) in [5.74, 6) is 1.79. The van der Waals surface area contributed by atoms with Crippen molar-refractivity contribution in [1.29, 1.82) is 0 Å². The molecule has 0 atom stereocenters. The molecule has 1 aromatic rings. The number of rotatable bonds is 6. The van der Waals surface area contributed by atoms with Gasteiger partial charge in [0.2, 0.25) is 5.91 Å². The van der Waals surface area contributed by atoms with Gasteiger partial charge in [-0.05, 0) is 49.3 Å². The smallest absolute Gasteiger partial charge is 0.223 e. The fourth-order valence-corrected chi connectivity index (χ4v) is 3.38. The van der Waals surface area contributed by atoms with E-state index >= 15 is 0 Å². The van der Waals surface area contributed by atoms with E-state index in [9.17, 15) is 9.90 Å². The molecule has 1 aliphatic rings. The van der Waals surface area contributed by atoms with Crippen molar-refractivity contribution in [3.63, 3.8) is 0 Å². The average Bonchev–Trinajstić information content (AvgIpc) is 2.49. The zero-order valence-electron chi connectivity index (χ0n) is 11.8. The van der Waals surface area contributed by atoms with Crippen molar-refractivity contribution in [3.05, 3.63) is 24.3 Å². The number of thioether (sulfide) groups is 1. The van der Waals surface area contributed by atoms with Crippen LogP contribution >= 0.6 is 11.8 Å². The van der Waals surface area contributed by atoms with Gasteiger partial charge in [0.15, 0.2) is 0 Å². The molecule has 0 saturated heterocycles. The Labute approximate surface area is 125 Å². The lowest BCUT2D eigenvalue weighted by atomic mass is 9.89. The Morgan fingerprint density at radius 1 is 1.20 bits per heavy atom. The normalized spacial score (nSPS) is 16.0. The Morgan fingerprint density at radius 2 is 1.90 bits per heavy atom. The molecular formula is C16H23NO2S. The Morgan fingerprint density at radius 3 is 2.60 bits per heavy atom. The van der Waals surface area contributed by atoms with Crippen molar-refractivity contribution in [2.75, 3.05) is 12.3 Å². The van der Waals surface area contributed by atoms with Gasteiger partial charge in [-0.15, -0.1) is 11.8 Å². The van der Waals surface area contributed by atoms with Crippen molar-refractivity contribution in [1.82, 2.24) is 5.32 Å². The fraction of sp³-hybridized carbons (Fsp3) is 0.562. The highest BCUT2D eigenvalue weighted by atomic mass is 32.2. The number of hydrogen-bond donors (Lipinski definition) is 2. The highest BCUT2D eigenvalue weighted by Crippen LogP contribution is 2.24. The largest absolute Gasteiger partial charge is 0.508 e. The second-order valence-electron chi connectivity index (χ2n) is 5.32. The van der Waals surface area contributed by atoms with Crippen LogP contribution in [0, 0.1) is 5.92 Å². The lowest BCUT2D eigenvalue weighted by molar-refractivity contribution is -0.125. The van der Waals surface area contributed by atoms with E-state index in [1.807, 2.05) is 12.1 Å². The predicted octanol–water partition coefficient (Wildman–Crippen LogP) is 3.57. The van der Waals surface area contributed by atoms with Gasteiger partial charge in [0, 0.05) is 17.4 Å². The minimum atomic E-state index is 0.249. The monoisotopic (exact) mass is 293 g/mol. The van der Waals surface area contributed by atoms with Crippen molar-refractivity contribution in [2.45, 2.75) is 43.4 Å². The zero-order chi connectivity index (χ0) is 14.2. The highest BCUT2D eigenvalue weighted by Gasteiger charge is 2.20. The first-order chi connectivity index (χ1) is 9.75. The molecule has 4 heteroatoms. The maximum absolute atomic E-state index is 11.9. The molecule has 1 aromatic carbocycles. The van der Waals surface area contributed by atoms with Crippen LogP contribution in [0.4, 0.5) is 0 Å². The van der Waals surface area contributed by atoms with Gasteiger partial charge in [0.1, 0.15) is 5.75 Å². The summed E-state index contributed by atoms with van der Waals surface area (Å²) in [6, 6.07) is 7.24. The molecule has 1 amide bonds. The van der Waals surface area contributed by atoms with Crippen LogP contribution in [0.5, 0.6) is 5.75 Å². The Bertz CT molecular complexity index is 413. The lowest BCUT2D eigenvalue weighted by Crippen LogP contribution is -2.32. The molecule has 2 rings (SSSR count). The van der Waals surface area contributed by atoms with Crippen LogP contribution in [0.25, 0.3) is 0 Å². The number of aromatic hydroxyl groups is 1. The summed E-state index contributed by atoms with van der Waals surface area (Å²) in [6.07, 6.45) is 6.79. The van der Waals surface area contributed by atoms with E-state index in [1.54, 1.807) is 23.9 Å². The molecule has 1 aliphatic carbocycles. The number of amides is 1. The molecule has 110 valence electrons. The number of carbonyl (C=O) groups is 1. The van der Waals surface area contributed by atoms with Gasteiger partial charge in [0.25, 0.3) is 0 Å². The molecule has 0 heterocycles. The Balaban J connectivity index is 1.57. The Kier molecular flexibility index (Phi) is 6.25. The molecule has 0 bridgehead atoms. The van der Waals surface area contributed by atoms with E-state index in [-0.39, 0.29) is 11.8 Å². The van der Waals surface area contributed by atoms with Crippen LogP contribution in [0.3, 0.4) is 0 Å². The SMILES string of the molecule is O=C(NCCCSc1ccc(O)cc1)C1CCCCC1. The van der Waals surface area contributed by atoms with E-state index in [0.29, 0.717) is 5.75 Å². The second kappa shape index (κ2) is 8.20. The van der Waals surface area contributed by atoms with Crippen LogP contribution in [-0.4, -0.2) is 23.3 Å². The van der Waals surface area contributed by atoms with Crippen LogP contribution in [0.1, 0.15) is 38.5 Å². The number of phenolic OH excluding ortho intramolecular Hbond substituents is 1. The number of carbonyl (C=O) groups excluding carboxylic acids is 1. The molecule has 3 nitrogen and oxygen atoms in total. The van der Waals surface area contributed by atoms with Crippen LogP contribution < -0.4 is 5.32 Å². The van der Waals surface area contributed by atoms with Crippen molar-refractivity contribution in [3.8, 4) is 5.75 Å². The van der Waals surface area contributed by atoms with Crippen LogP contribution in [0.15, 0.2) is 29.2 Å². The van der Waals surface area contributed by atoms with Crippen molar-refractivity contribution >= 4 is 17.7 Å². The molecule has 0 aliphatic heterocycles. The van der Waals surface area contributed by atoms with Gasteiger partial charge in [-0.3, -0.25) is 4.79 Å². The first-order valence-electron chi connectivity index (χ1n) is 7.45. The van der Waals surface area contributed by atoms with Gasteiger partial charge >= 0.3 is 0 Å². The van der Waals surface area contributed by atoms with Crippen LogP contribution in [-0.2, 0) is 4.79 Å². The first kappa shape index (κ1) is 15.2. The van der Waals surface area contributed by atoms with Crippen molar-refractivity contribution < 1.29 is 9.90 Å². The van der Waals surface area contributed by atoms with E-state index in [1.165, 1.54) is 19.3 Å². The summed E-state index contributed by atoms with van der Waals surface area (Å²) in [5, 5.41) is 12.2. The standard InChI is InChI=1S/C16H23NO2S/c18-14-7-9-15(10-8-14)20-12-4-11-17-16(19)13-5-2-1-3-6-13/h7-10,13,18H,1-6,11-12H2,(H,17,19). The number of hydrogen-bond acceptors (Lipinski definition) is 3. The second-order valence-corrected chi connectivity index (χ2v) is 6.49. The Hall–Kier alpha value is -1.16. The molecule has 0 spiro atoms. The minimum absolute atomic E-state index is 0.249. The first-order valence-corrected chi connectivity index (χ1v) is 8.44. The lowest BCUT2D eigenvalue weighted by Gasteiger charge is -2.20. The van der Waals surface area contributed by atoms with Gasteiger partial charge in [-0.2, -0.15) is 0 Å². The number of phenols is 1. The summed E-state index contributed by atoms with van der Waals surface area (Å²) in [4.78, 5) is 13.1. The molecule has 0 aromatic heterocycles.